The molecule has 2 heterocycles. The second-order valence-electron chi connectivity index (χ2n) is 5.81. The lowest BCUT2D eigenvalue weighted by Gasteiger charge is -2.32. The summed E-state index contributed by atoms with van der Waals surface area (Å²) >= 11 is 0. The third kappa shape index (κ3) is 2.27. The molecule has 19 heavy (non-hydrogen) atoms. The first-order chi connectivity index (χ1) is 9.31. The van der Waals surface area contributed by atoms with Crippen LogP contribution in [0.5, 0.6) is 0 Å². The molecule has 4 atom stereocenters. The summed E-state index contributed by atoms with van der Waals surface area (Å²) in [5.74, 6) is 1.52. The van der Waals surface area contributed by atoms with Crippen molar-refractivity contribution < 1.29 is 0 Å². The Hall–Kier alpha value is -1.37. The van der Waals surface area contributed by atoms with Crippen LogP contribution in [0.3, 0.4) is 0 Å². The average Bonchev–Trinajstić information content (AvgIpc) is 3.01. The van der Waals surface area contributed by atoms with E-state index < -0.39 is 0 Å². The summed E-state index contributed by atoms with van der Waals surface area (Å²) in [5, 5.41) is 12.7. The number of benzene rings is 1. The third-order valence-electron chi connectivity index (χ3n) is 4.85. The van der Waals surface area contributed by atoms with E-state index in [1.807, 2.05) is 6.07 Å². The molecule has 1 N–H and O–H groups in total. The van der Waals surface area contributed by atoms with E-state index in [1.165, 1.54) is 5.56 Å². The van der Waals surface area contributed by atoms with Gasteiger partial charge in [-0.15, -0.1) is 0 Å². The maximum Gasteiger partial charge on any atom is 0.0641 e. The van der Waals surface area contributed by atoms with Crippen molar-refractivity contribution in [3.63, 3.8) is 0 Å². The Balaban J connectivity index is 1.84. The molecule has 0 aliphatic carbocycles. The topological polar surface area (TPSA) is 39.1 Å². The van der Waals surface area contributed by atoms with Crippen LogP contribution in [0.25, 0.3) is 0 Å². The zero-order chi connectivity index (χ0) is 13.2. The van der Waals surface area contributed by atoms with Gasteiger partial charge in [-0.2, -0.15) is 5.26 Å². The number of likely N-dealkylation sites (tertiary alicyclic amines) is 1. The van der Waals surface area contributed by atoms with Crippen LogP contribution in [0.1, 0.15) is 24.9 Å². The van der Waals surface area contributed by atoms with E-state index in [2.05, 4.69) is 47.5 Å². The molecule has 2 fully saturated rings. The van der Waals surface area contributed by atoms with Gasteiger partial charge in [-0.3, -0.25) is 4.90 Å². The summed E-state index contributed by atoms with van der Waals surface area (Å²) in [6.45, 7) is 5.72. The number of hydrogen-bond donors (Lipinski definition) is 1. The summed E-state index contributed by atoms with van der Waals surface area (Å²) in [6, 6.07) is 13.7. The number of nitrogens with zero attached hydrogens (tertiary/aromatic N) is 2. The van der Waals surface area contributed by atoms with Gasteiger partial charge in [0.2, 0.25) is 0 Å². The maximum absolute atomic E-state index is 9.16. The molecule has 4 unspecified atom stereocenters. The normalized spacial score (nSPS) is 31.9. The van der Waals surface area contributed by atoms with Crippen LogP contribution in [0, 0.1) is 23.2 Å². The van der Waals surface area contributed by atoms with Crippen molar-refractivity contribution in [2.24, 2.45) is 11.8 Å². The standard InChI is InChI=1S/C16H21N3/c1-12-15-10-18-9-14(15)11-19(12)16(7-8-17)13-5-3-2-4-6-13/h2-6,12,14-16,18H,7,9-11H2,1H3. The summed E-state index contributed by atoms with van der Waals surface area (Å²) in [4.78, 5) is 2.55. The summed E-state index contributed by atoms with van der Waals surface area (Å²) in [7, 11) is 0. The van der Waals surface area contributed by atoms with Crippen molar-refractivity contribution in [1.82, 2.24) is 10.2 Å². The number of nitriles is 1. The van der Waals surface area contributed by atoms with Crippen molar-refractivity contribution in [1.29, 1.82) is 5.26 Å². The van der Waals surface area contributed by atoms with Gasteiger partial charge in [-0.1, -0.05) is 30.3 Å². The molecule has 0 amide bonds. The molecule has 3 rings (SSSR count). The first-order valence-electron chi connectivity index (χ1n) is 7.19. The molecule has 1 aromatic carbocycles. The largest absolute Gasteiger partial charge is 0.316 e. The van der Waals surface area contributed by atoms with Crippen molar-refractivity contribution >= 4 is 0 Å². The highest BCUT2D eigenvalue weighted by Gasteiger charge is 2.44. The summed E-state index contributed by atoms with van der Waals surface area (Å²) in [6.07, 6.45) is 0.585. The van der Waals surface area contributed by atoms with Gasteiger partial charge in [-0.25, -0.2) is 0 Å². The van der Waals surface area contributed by atoms with Gasteiger partial charge < -0.3 is 5.32 Å². The lowest BCUT2D eigenvalue weighted by atomic mass is 9.95. The summed E-state index contributed by atoms with van der Waals surface area (Å²) < 4.78 is 0. The van der Waals surface area contributed by atoms with Crippen LogP contribution >= 0.6 is 0 Å². The number of hydrogen-bond acceptors (Lipinski definition) is 3. The van der Waals surface area contributed by atoms with Crippen LogP contribution in [0.15, 0.2) is 30.3 Å². The van der Waals surface area contributed by atoms with Crippen molar-refractivity contribution in [3.05, 3.63) is 35.9 Å². The Bertz CT molecular complexity index is 465. The van der Waals surface area contributed by atoms with Crippen LogP contribution in [0.4, 0.5) is 0 Å². The zero-order valence-corrected chi connectivity index (χ0v) is 11.4. The SMILES string of the molecule is CC1C2CNCC2CN1C(CC#N)c1ccccc1. The Morgan fingerprint density at radius 1 is 1.37 bits per heavy atom. The lowest BCUT2D eigenvalue weighted by molar-refractivity contribution is 0.172. The summed E-state index contributed by atoms with van der Waals surface area (Å²) in [5.41, 5.74) is 1.28. The van der Waals surface area contributed by atoms with E-state index >= 15 is 0 Å². The van der Waals surface area contributed by atoms with Gasteiger partial charge >= 0.3 is 0 Å². The van der Waals surface area contributed by atoms with E-state index in [0.29, 0.717) is 12.5 Å². The minimum Gasteiger partial charge on any atom is -0.316 e. The molecule has 0 aromatic heterocycles. The second-order valence-corrected chi connectivity index (χ2v) is 5.81. The molecule has 1 aromatic rings. The molecule has 2 aliphatic rings. The van der Waals surface area contributed by atoms with Gasteiger partial charge in [0.05, 0.1) is 12.5 Å². The molecule has 0 spiro atoms. The Morgan fingerprint density at radius 2 is 2.16 bits per heavy atom. The van der Waals surface area contributed by atoms with Gasteiger partial charge in [0.15, 0.2) is 0 Å². The highest BCUT2D eigenvalue weighted by atomic mass is 15.2. The van der Waals surface area contributed by atoms with Gasteiger partial charge in [0.25, 0.3) is 0 Å². The molecular weight excluding hydrogens is 234 g/mol. The zero-order valence-electron chi connectivity index (χ0n) is 11.4. The molecule has 0 radical (unpaired) electrons. The number of rotatable bonds is 3. The molecule has 3 nitrogen and oxygen atoms in total. The van der Waals surface area contributed by atoms with Gasteiger partial charge in [0, 0.05) is 18.6 Å². The first-order valence-corrected chi connectivity index (χ1v) is 7.19. The smallest absolute Gasteiger partial charge is 0.0641 e. The fourth-order valence-electron chi connectivity index (χ4n) is 3.80. The fraction of sp³-hybridized carbons (Fsp3) is 0.562. The Kier molecular flexibility index (Phi) is 3.54. The number of fused-ring (bicyclic) bond motifs is 1. The van der Waals surface area contributed by atoms with E-state index in [4.69, 9.17) is 5.26 Å². The van der Waals surface area contributed by atoms with Crippen LogP contribution < -0.4 is 5.32 Å². The fourth-order valence-corrected chi connectivity index (χ4v) is 3.80. The minimum atomic E-state index is 0.256. The van der Waals surface area contributed by atoms with Gasteiger partial charge in [-0.05, 0) is 37.4 Å². The van der Waals surface area contributed by atoms with E-state index in [0.717, 1.165) is 31.5 Å². The minimum absolute atomic E-state index is 0.256. The third-order valence-corrected chi connectivity index (χ3v) is 4.85. The quantitative estimate of drug-likeness (QED) is 0.900. The van der Waals surface area contributed by atoms with Crippen LogP contribution in [0.2, 0.25) is 0 Å². The Morgan fingerprint density at radius 3 is 2.84 bits per heavy atom. The molecule has 0 bridgehead atoms. The Labute approximate surface area is 115 Å². The second kappa shape index (κ2) is 5.32. The predicted octanol–water partition coefficient (Wildman–Crippen LogP) is 2.18. The van der Waals surface area contributed by atoms with E-state index in [1.54, 1.807) is 0 Å². The van der Waals surface area contributed by atoms with E-state index in [9.17, 15) is 0 Å². The predicted molar refractivity (Wildman–Crippen MR) is 75.4 cm³/mol. The van der Waals surface area contributed by atoms with Crippen LogP contribution in [-0.2, 0) is 0 Å². The molecular formula is C16H21N3. The molecule has 3 heteroatoms. The molecule has 2 aliphatic heterocycles. The highest BCUT2D eigenvalue weighted by molar-refractivity contribution is 5.21. The average molecular weight is 255 g/mol. The molecule has 2 saturated heterocycles. The van der Waals surface area contributed by atoms with E-state index in [-0.39, 0.29) is 6.04 Å². The number of nitrogens with one attached hydrogen (secondary N) is 1. The lowest BCUT2D eigenvalue weighted by Crippen LogP contribution is -2.36. The highest BCUT2D eigenvalue weighted by Crippen LogP contribution is 2.38. The van der Waals surface area contributed by atoms with Crippen molar-refractivity contribution in [3.8, 4) is 6.07 Å². The van der Waals surface area contributed by atoms with Crippen LogP contribution in [-0.4, -0.2) is 30.6 Å². The first kappa shape index (κ1) is 12.7. The van der Waals surface area contributed by atoms with Crippen molar-refractivity contribution in [2.75, 3.05) is 19.6 Å². The molecule has 0 saturated carbocycles. The van der Waals surface area contributed by atoms with Gasteiger partial charge in [0.1, 0.15) is 0 Å². The molecule has 100 valence electrons. The monoisotopic (exact) mass is 255 g/mol. The maximum atomic E-state index is 9.16. The van der Waals surface area contributed by atoms with Crippen molar-refractivity contribution in [2.45, 2.75) is 25.4 Å².